The van der Waals surface area contributed by atoms with Gasteiger partial charge in [-0.25, -0.2) is 0 Å². The molecule has 0 atom stereocenters. The molecule has 0 radical (unpaired) electrons. The van der Waals surface area contributed by atoms with Crippen molar-refractivity contribution in [1.82, 2.24) is 0 Å². The maximum absolute atomic E-state index is 13.3. The monoisotopic (exact) mass is 1090 g/mol. The van der Waals surface area contributed by atoms with E-state index >= 15 is 0 Å². The topological polar surface area (TPSA) is 0 Å². The van der Waals surface area contributed by atoms with Gasteiger partial charge in [-0.05, 0) is 72.2 Å². The average Bonchev–Trinajstić information content (AvgIpc) is 3.61. The van der Waals surface area contributed by atoms with E-state index in [-0.39, 0.29) is 53.5 Å². The second kappa shape index (κ2) is 24.4. The van der Waals surface area contributed by atoms with E-state index in [1.165, 1.54) is 51.4 Å². The SMILES string of the molecule is C[Si](C)=[Zr+2].FC(F)(F)c1cc(-c2cccc3[cH-]c(CC4CCCCCC4)cc23)cc(C(F)(F)F)c1.FC(F)(F)c1cc(-c2cccc3[cH-]c(CC4CCCCCC4)cc23)cc(C(F)(F)F)c1.[Cl-].[Cl-]. The summed E-state index contributed by atoms with van der Waals surface area (Å²) in [6.07, 6.45) is -3.16. The maximum Gasteiger partial charge on any atom is 0.416 e. The van der Waals surface area contributed by atoms with Crippen LogP contribution < -0.4 is 24.8 Å². The van der Waals surface area contributed by atoms with Crippen molar-refractivity contribution in [1.29, 1.82) is 0 Å². The normalized spacial score (nSPS) is 15.5. The standard InChI is InChI=1S/2C25H23F6.C2H6Si.2ClH.Zr/c2*26-24(27,28)20-13-19(14-21(15-20)25(29,30)31)22-9-5-8-18-11-17(12-23(18)22)10-16-6-3-1-2-4-7-16;1-3-2;;;/h2*5,8-9,11-16H,1-4,6-7,10H2;1-2H3;2*1H;/q2*-1;;;;+2/p-2. The molecule has 0 aliphatic heterocycles. The summed E-state index contributed by atoms with van der Waals surface area (Å²) in [4.78, 5) is 0. The van der Waals surface area contributed by atoms with Crippen LogP contribution in [0.15, 0.2) is 97.1 Å². The van der Waals surface area contributed by atoms with Crippen molar-refractivity contribution in [3.05, 3.63) is 130 Å². The third-order valence-electron chi connectivity index (χ3n) is 12.4. The van der Waals surface area contributed by atoms with Crippen molar-refractivity contribution in [2.45, 2.75) is 128 Å². The number of rotatable bonds is 6. The van der Waals surface area contributed by atoms with Gasteiger partial charge in [0, 0.05) is 0 Å². The van der Waals surface area contributed by atoms with E-state index < -0.39 is 47.0 Å². The molecule has 16 heteroatoms. The molecule has 6 aromatic rings. The minimum atomic E-state index is -4.86. The van der Waals surface area contributed by atoms with Crippen LogP contribution in [0.3, 0.4) is 0 Å². The molecule has 2 aliphatic rings. The molecule has 0 amide bonds. The van der Waals surface area contributed by atoms with Gasteiger partial charge < -0.3 is 24.8 Å². The quantitative estimate of drug-likeness (QED) is 0.0675. The Labute approximate surface area is 417 Å². The smallest absolute Gasteiger partial charge is 0.416 e. The van der Waals surface area contributed by atoms with E-state index in [1.54, 1.807) is 47.6 Å². The van der Waals surface area contributed by atoms with Crippen LogP contribution in [0, 0.1) is 11.8 Å². The summed E-state index contributed by atoms with van der Waals surface area (Å²) in [6, 6.07) is 21.7. The summed E-state index contributed by atoms with van der Waals surface area (Å²) in [5.74, 6) is 1.15. The summed E-state index contributed by atoms with van der Waals surface area (Å²) in [6.45, 7) is 4.62. The minimum absolute atomic E-state index is 0. The molecule has 0 unspecified atom stereocenters. The Bertz CT molecular complexity index is 2330. The Morgan fingerprint density at radius 3 is 1.00 bits per heavy atom. The van der Waals surface area contributed by atoms with Crippen LogP contribution >= 0.6 is 0 Å². The zero-order chi connectivity index (χ0) is 48.0. The summed E-state index contributed by atoms with van der Waals surface area (Å²) in [5.41, 5.74) is -2.13. The first-order valence-corrected chi connectivity index (χ1v) is 28.6. The first kappa shape index (κ1) is 57.5. The van der Waals surface area contributed by atoms with E-state index in [0.29, 0.717) is 33.7 Å². The Hall–Kier alpha value is -3.06. The van der Waals surface area contributed by atoms with Crippen molar-refractivity contribution in [3.63, 3.8) is 0 Å². The van der Waals surface area contributed by atoms with Crippen LogP contribution in [0.2, 0.25) is 13.1 Å². The molecule has 0 saturated heterocycles. The van der Waals surface area contributed by atoms with Gasteiger partial charge in [-0.2, -0.15) is 64.8 Å². The van der Waals surface area contributed by atoms with Gasteiger partial charge in [0.2, 0.25) is 0 Å². The predicted octanol–water partition coefficient (Wildman–Crippen LogP) is 12.3. The van der Waals surface area contributed by atoms with Crippen molar-refractivity contribution in [3.8, 4) is 22.3 Å². The minimum Gasteiger partial charge on any atom is -1.00 e. The van der Waals surface area contributed by atoms with E-state index in [9.17, 15) is 52.7 Å². The molecule has 68 heavy (non-hydrogen) atoms. The molecule has 2 saturated carbocycles. The summed E-state index contributed by atoms with van der Waals surface area (Å²) in [7, 11) is 0. The van der Waals surface area contributed by atoms with Gasteiger partial charge in [0.15, 0.2) is 0 Å². The van der Waals surface area contributed by atoms with Crippen LogP contribution in [-0.4, -0.2) is 5.43 Å². The fraction of sp³-hybridized carbons (Fsp3) is 0.423. The largest absolute Gasteiger partial charge is 1.00 e. The number of hydrogen-bond donors (Lipinski definition) is 0. The van der Waals surface area contributed by atoms with Crippen molar-refractivity contribution in [2.75, 3.05) is 0 Å². The van der Waals surface area contributed by atoms with Crippen molar-refractivity contribution < 1.29 is 101 Å². The molecular weight excluding hydrogens is 1040 g/mol. The van der Waals surface area contributed by atoms with Crippen molar-refractivity contribution in [2.24, 2.45) is 11.8 Å². The molecule has 368 valence electrons. The van der Waals surface area contributed by atoms with Gasteiger partial charge in [-0.3, -0.25) is 0 Å². The van der Waals surface area contributed by atoms with Crippen LogP contribution in [0.1, 0.15) is 110 Å². The molecule has 8 rings (SSSR count). The average molecular weight is 1100 g/mol. The number of fused-ring (bicyclic) bond motifs is 2. The maximum atomic E-state index is 13.3. The zero-order valence-electron chi connectivity index (χ0n) is 37.6. The third kappa shape index (κ3) is 16.0. The molecule has 0 aromatic heterocycles. The van der Waals surface area contributed by atoms with Gasteiger partial charge in [-0.1, -0.05) is 100 Å². The molecule has 0 N–H and O–H groups in total. The van der Waals surface area contributed by atoms with E-state index in [2.05, 4.69) is 13.1 Å². The molecule has 2 aliphatic carbocycles. The molecule has 0 nitrogen and oxygen atoms in total. The predicted molar refractivity (Wildman–Crippen MR) is 237 cm³/mol. The number of alkyl halides is 12. The van der Waals surface area contributed by atoms with Crippen LogP contribution in [-0.2, 0) is 60.9 Å². The second-order valence-corrected chi connectivity index (χ2v) is 27.4. The number of benzene rings is 4. The van der Waals surface area contributed by atoms with Gasteiger partial charge >= 0.3 is 66.6 Å². The van der Waals surface area contributed by atoms with E-state index in [0.717, 1.165) is 84.7 Å². The second-order valence-electron chi connectivity index (χ2n) is 18.1. The summed E-state index contributed by atoms with van der Waals surface area (Å²) >= 11 is 1.74. The van der Waals surface area contributed by atoms with Gasteiger partial charge in [-0.15, -0.1) is 69.1 Å². The Morgan fingerprint density at radius 2 is 0.735 bits per heavy atom. The van der Waals surface area contributed by atoms with Crippen LogP contribution in [0.4, 0.5) is 52.7 Å². The first-order valence-electron chi connectivity index (χ1n) is 22.4. The summed E-state index contributed by atoms with van der Waals surface area (Å²) in [5, 5.41) is 3.07. The fourth-order valence-corrected chi connectivity index (χ4v) is 9.36. The Balaban J connectivity index is 0.000000268. The fourth-order valence-electron chi connectivity index (χ4n) is 9.36. The van der Waals surface area contributed by atoms with Gasteiger partial charge in [0.05, 0.1) is 22.3 Å². The van der Waals surface area contributed by atoms with E-state index in [1.807, 2.05) is 36.4 Å². The Morgan fingerprint density at radius 1 is 0.456 bits per heavy atom. The molecule has 6 aromatic carbocycles. The summed E-state index contributed by atoms with van der Waals surface area (Å²) < 4.78 is 160. The number of halogens is 14. The van der Waals surface area contributed by atoms with Crippen molar-refractivity contribution >= 4 is 27.0 Å². The zero-order valence-corrected chi connectivity index (χ0v) is 42.6. The molecular formula is C52H52Cl2F12SiZr-2. The van der Waals surface area contributed by atoms with E-state index in [4.69, 9.17) is 0 Å². The van der Waals surface area contributed by atoms with Crippen LogP contribution in [0.25, 0.3) is 43.8 Å². The Kier molecular flexibility index (Phi) is 20.6. The van der Waals surface area contributed by atoms with Gasteiger partial charge in [0.25, 0.3) is 0 Å². The first-order chi connectivity index (χ1) is 31.0. The van der Waals surface area contributed by atoms with Crippen LogP contribution in [0.5, 0.6) is 0 Å². The number of hydrogen-bond acceptors (Lipinski definition) is 0. The molecule has 0 spiro atoms. The van der Waals surface area contributed by atoms with Gasteiger partial charge in [0.1, 0.15) is 0 Å². The molecule has 2 fully saturated rings. The third-order valence-corrected chi connectivity index (χ3v) is 12.4. The molecule has 0 heterocycles. The molecule has 0 bridgehead atoms.